The largest absolute Gasteiger partial charge is 0.328 e. The third-order valence-electron chi connectivity index (χ3n) is 3.24. The molecule has 0 amide bonds. The van der Waals surface area contributed by atoms with Crippen LogP contribution in [0.1, 0.15) is 12.8 Å². The number of hydrogen-bond donors (Lipinski definition) is 1. The summed E-state index contributed by atoms with van der Waals surface area (Å²) in [5, 5.41) is 10.9. The number of nitro groups is 1. The van der Waals surface area contributed by atoms with Crippen LogP contribution in [0.5, 0.6) is 0 Å². The van der Waals surface area contributed by atoms with E-state index >= 15 is 0 Å². The van der Waals surface area contributed by atoms with Crippen molar-refractivity contribution in [1.82, 2.24) is 4.31 Å². The Balaban J connectivity index is 0.00000220. The molecule has 0 bridgehead atoms. The van der Waals surface area contributed by atoms with Gasteiger partial charge in [0, 0.05) is 25.2 Å². The van der Waals surface area contributed by atoms with E-state index in [4.69, 9.17) is 17.3 Å². The first-order chi connectivity index (χ1) is 9.34. The second-order valence-electron chi connectivity index (χ2n) is 4.59. The summed E-state index contributed by atoms with van der Waals surface area (Å²) in [6, 6.07) is 3.78. The third-order valence-corrected chi connectivity index (χ3v) is 5.66. The van der Waals surface area contributed by atoms with Crippen molar-refractivity contribution in [3.8, 4) is 0 Å². The Kier molecular flexibility index (Phi) is 5.94. The fraction of sp³-hybridized carbons (Fsp3) is 0.455. The van der Waals surface area contributed by atoms with Crippen LogP contribution < -0.4 is 5.73 Å². The molecule has 0 radical (unpaired) electrons. The highest BCUT2D eigenvalue weighted by Gasteiger charge is 2.35. The molecule has 1 fully saturated rings. The first-order valence-corrected chi connectivity index (χ1v) is 7.84. The van der Waals surface area contributed by atoms with Crippen LogP contribution in [0, 0.1) is 10.1 Å². The predicted molar refractivity (Wildman–Crippen MR) is 81.3 cm³/mol. The summed E-state index contributed by atoms with van der Waals surface area (Å²) in [6.45, 7) is 0.484. The topological polar surface area (TPSA) is 107 Å². The third kappa shape index (κ3) is 3.64. The van der Waals surface area contributed by atoms with Crippen molar-refractivity contribution in [2.24, 2.45) is 5.73 Å². The smallest absolute Gasteiger partial charge is 0.290 e. The number of piperidine rings is 1. The van der Waals surface area contributed by atoms with Gasteiger partial charge in [-0.1, -0.05) is 17.7 Å². The van der Waals surface area contributed by atoms with Gasteiger partial charge < -0.3 is 5.73 Å². The number of nitrogens with two attached hydrogens (primary N) is 1. The van der Waals surface area contributed by atoms with Gasteiger partial charge in [0.05, 0.1) is 9.95 Å². The average Bonchev–Trinajstić information content (AvgIpc) is 2.38. The number of benzene rings is 1. The summed E-state index contributed by atoms with van der Waals surface area (Å²) in [5.41, 5.74) is 5.22. The molecule has 2 rings (SSSR count). The Morgan fingerprint density at radius 2 is 1.90 bits per heavy atom. The number of hydrogen-bond acceptors (Lipinski definition) is 5. The Labute approximate surface area is 133 Å². The number of nitro benzene ring substituents is 1. The number of rotatable bonds is 3. The Hall–Kier alpha value is -0.930. The Morgan fingerprint density at radius 1 is 1.33 bits per heavy atom. The maximum absolute atomic E-state index is 12.5. The molecule has 1 aromatic rings. The molecule has 0 aliphatic carbocycles. The van der Waals surface area contributed by atoms with Crippen molar-refractivity contribution in [2.45, 2.75) is 23.8 Å². The van der Waals surface area contributed by atoms with E-state index in [1.54, 1.807) is 0 Å². The zero-order chi connectivity index (χ0) is 14.9. The molecule has 1 aliphatic heterocycles. The van der Waals surface area contributed by atoms with Crippen molar-refractivity contribution in [3.63, 3.8) is 0 Å². The van der Waals surface area contributed by atoms with E-state index in [9.17, 15) is 18.5 Å². The fourth-order valence-electron chi connectivity index (χ4n) is 2.14. The van der Waals surface area contributed by atoms with Gasteiger partial charge >= 0.3 is 0 Å². The zero-order valence-corrected chi connectivity index (χ0v) is 13.3. The highest BCUT2D eigenvalue weighted by Crippen LogP contribution is 2.34. The first kappa shape index (κ1) is 18.1. The minimum Gasteiger partial charge on any atom is -0.328 e. The van der Waals surface area contributed by atoms with E-state index in [2.05, 4.69) is 0 Å². The summed E-state index contributed by atoms with van der Waals surface area (Å²) in [6.07, 6.45) is 1.05. The zero-order valence-electron chi connectivity index (χ0n) is 10.9. The molecule has 1 saturated heterocycles. The van der Waals surface area contributed by atoms with Crippen LogP contribution in [0.4, 0.5) is 5.69 Å². The molecule has 0 aromatic heterocycles. The fourth-order valence-corrected chi connectivity index (χ4v) is 4.27. The molecule has 1 aliphatic rings. The SMILES string of the molecule is Cl.NC1CCN(S(=O)(=O)c2c(Cl)cccc2[N+](=O)[O-])CC1. The molecule has 7 nitrogen and oxygen atoms in total. The lowest BCUT2D eigenvalue weighted by Crippen LogP contribution is -2.42. The Morgan fingerprint density at radius 3 is 2.43 bits per heavy atom. The molecular formula is C11H15Cl2N3O4S. The highest BCUT2D eigenvalue weighted by atomic mass is 35.5. The second-order valence-corrected chi connectivity index (χ2v) is 6.87. The van der Waals surface area contributed by atoms with Crippen molar-refractivity contribution in [2.75, 3.05) is 13.1 Å². The lowest BCUT2D eigenvalue weighted by Gasteiger charge is -2.29. The summed E-state index contributed by atoms with van der Waals surface area (Å²) in [5.74, 6) is 0. The standard InChI is InChI=1S/C11H14ClN3O4S.ClH/c12-9-2-1-3-10(15(16)17)11(9)20(18,19)14-6-4-8(13)5-7-14;/h1-3,8H,4-7,13H2;1H. The van der Waals surface area contributed by atoms with Gasteiger partial charge in [-0.3, -0.25) is 10.1 Å². The molecule has 0 unspecified atom stereocenters. The van der Waals surface area contributed by atoms with Crippen LogP contribution in [0.15, 0.2) is 23.1 Å². The van der Waals surface area contributed by atoms with Gasteiger partial charge in [-0.25, -0.2) is 8.42 Å². The van der Waals surface area contributed by atoms with Crippen molar-refractivity contribution in [1.29, 1.82) is 0 Å². The lowest BCUT2D eigenvalue weighted by molar-refractivity contribution is -0.387. The average molecular weight is 356 g/mol. The Bertz CT molecular complexity index is 630. The van der Waals surface area contributed by atoms with Gasteiger partial charge in [-0.2, -0.15) is 4.31 Å². The minimum absolute atomic E-state index is 0. The number of halogens is 2. The molecule has 1 aromatic carbocycles. The summed E-state index contributed by atoms with van der Waals surface area (Å²) in [7, 11) is -3.99. The summed E-state index contributed by atoms with van der Waals surface area (Å²) < 4.78 is 26.3. The van der Waals surface area contributed by atoms with Crippen LogP contribution in [-0.4, -0.2) is 36.8 Å². The quantitative estimate of drug-likeness (QED) is 0.656. The first-order valence-electron chi connectivity index (χ1n) is 6.02. The van der Waals surface area contributed by atoms with Gasteiger partial charge in [0.1, 0.15) is 0 Å². The van der Waals surface area contributed by atoms with E-state index in [-0.39, 0.29) is 36.6 Å². The molecule has 2 N–H and O–H groups in total. The summed E-state index contributed by atoms with van der Waals surface area (Å²) in [4.78, 5) is 9.82. The van der Waals surface area contributed by atoms with Crippen LogP contribution in [-0.2, 0) is 10.0 Å². The van der Waals surface area contributed by atoms with Gasteiger partial charge in [-0.05, 0) is 18.9 Å². The molecule has 21 heavy (non-hydrogen) atoms. The highest BCUT2D eigenvalue weighted by molar-refractivity contribution is 7.89. The van der Waals surface area contributed by atoms with E-state index in [0.717, 1.165) is 6.07 Å². The number of nitrogens with zero attached hydrogens (tertiary/aromatic N) is 2. The normalized spacial score (nSPS) is 17.2. The van der Waals surface area contributed by atoms with E-state index in [1.807, 2.05) is 0 Å². The molecule has 0 saturated carbocycles. The predicted octanol–water partition coefficient (Wildman–Crippen LogP) is 1.78. The second kappa shape index (κ2) is 6.89. The van der Waals surface area contributed by atoms with Gasteiger partial charge in [0.15, 0.2) is 4.90 Å². The molecule has 0 atom stereocenters. The molecule has 10 heteroatoms. The van der Waals surface area contributed by atoms with Crippen LogP contribution in [0.2, 0.25) is 5.02 Å². The number of sulfonamides is 1. The van der Waals surface area contributed by atoms with Gasteiger partial charge in [0.25, 0.3) is 15.7 Å². The van der Waals surface area contributed by atoms with Gasteiger partial charge in [-0.15, -0.1) is 12.4 Å². The van der Waals surface area contributed by atoms with E-state index in [0.29, 0.717) is 12.8 Å². The summed E-state index contributed by atoms with van der Waals surface area (Å²) >= 11 is 5.87. The van der Waals surface area contributed by atoms with Crippen molar-refractivity contribution < 1.29 is 13.3 Å². The monoisotopic (exact) mass is 355 g/mol. The molecule has 1 heterocycles. The van der Waals surface area contributed by atoms with Crippen LogP contribution in [0.3, 0.4) is 0 Å². The van der Waals surface area contributed by atoms with Crippen molar-refractivity contribution in [3.05, 3.63) is 33.3 Å². The molecule has 0 spiro atoms. The van der Waals surface area contributed by atoms with E-state index < -0.39 is 25.5 Å². The molecular weight excluding hydrogens is 341 g/mol. The van der Waals surface area contributed by atoms with Gasteiger partial charge in [0.2, 0.25) is 0 Å². The van der Waals surface area contributed by atoms with E-state index in [1.165, 1.54) is 16.4 Å². The maximum atomic E-state index is 12.5. The maximum Gasteiger partial charge on any atom is 0.290 e. The van der Waals surface area contributed by atoms with Crippen LogP contribution in [0.25, 0.3) is 0 Å². The lowest BCUT2D eigenvalue weighted by atomic mass is 10.1. The van der Waals surface area contributed by atoms with Crippen LogP contribution >= 0.6 is 24.0 Å². The molecule has 118 valence electrons. The minimum atomic E-state index is -3.99. The van der Waals surface area contributed by atoms with Crippen molar-refractivity contribution >= 4 is 39.7 Å².